The van der Waals surface area contributed by atoms with Crippen LogP contribution in [0.25, 0.3) is 11.1 Å². The fraction of sp³-hybridized carbons (Fsp3) is 0.323. The summed E-state index contributed by atoms with van der Waals surface area (Å²) in [6.45, 7) is 2.11. The van der Waals surface area contributed by atoms with Crippen LogP contribution in [0, 0.1) is 5.92 Å². The minimum absolute atomic E-state index is 0.106. The molecule has 0 aliphatic heterocycles. The van der Waals surface area contributed by atoms with Gasteiger partial charge in [-0.2, -0.15) is 0 Å². The van der Waals surface area contributed by atoms with Gasteiger partial charge in [-0.05, 0) is 47.6 Å². The molecule has 5 rings (SSSR count). The lowest BCUT2D eigenvalue weighted by Crippen LogP contribution is -2.57. The van der Waals surface area contributed by atoms with E-state index < -0.39 is 36.0 Å². The third-order valence-corrected chi connectivity index (χ3v) is 7.56. The average Bonchev–Trinajstić information content (AvgIpc) is 3.24. The Balaban J connectivity index is 1.24. The van der Waals surface area contributed by atoms with Gasteiger partial charge in [0.05, 0.1) is 18.6 Å². The largest absolute Gasteiger partial charge is 0.481 e. The number of alkyl carbamates (subject to hydrolysis) is 1. The molecule has 2 aliphatic carbocycles. The Hall–Kier alpha value is -4.17. The Labute approximate surface area is 227 Å². The predicted molar refractivity (Wildman–Crippen MR) is 145 cm³/mol. The van der Waals surface area contributed by atoms with Gasteiger partial charge in [0.2, 0.25) is 5.91 Å². The predicted octanol–water partition coefficient (Wildman–Crippen LogP) is 4.48. The van der Waals surface area contributed by atoms with Crippen LogP contribution in [0.1, 0.15) is 42.4 Å². The molecule has 8 heteroatoms. The van der Waals surface area contributed by atoms with Gasteiger partial charge in [0, 0.05) is 12.0 Å². The number of fused-ring (bicyclic) bond motifs is 3. The quantitative estimate of drug-likeness (QED) is 0.358. The molecule has 2 amide bonds. The van der Waals surface area contributed by atoms with Crippen molar-refractivity contribution in [2.75, 3.05) is 6.61 Å². The number of carbonyl (C=O) groups excluding carboxylic acids is 2. The Bertz CT molecular complexity index is 1290. The summed E-state index contributed by atoms with van der Waals surface area (Å²) in [5.41, 5.74) is 5.38. The molecule has 8 nitrogen and oxygen atoms in total. The molecular formula is C31H32N2O6. The molecule has 1 saturated carbocycles. The molecular weight excluding hydrogens is 496 g/mol. The number of carbonyl (C=O) groups is 3. The second-order valence-corrected chi connectivity index (χ2v) is 10.2. The molecule has 3 aromatic rings. The Morgan fingerprint density at radius 1 is 0.897 bits per heavy atom. The molecule has 0 bridgehead atoms. The maximum atomic E-state index is 13.2. The number of amides is 2. The summed E-state index contributed by atoms with van der Waals surface area (Å²) in [4.78, 5) is 37.3. The van der Waals surface area contributed by atoms with Crippen LogP contribution in [-0.4, -0.2) is 47.9 Å². The van der Waals surface area contributed by atoms with Crippen LogP contribution in [0.4, 0.5) is 4.79 Å². The summed E-state index contributed by atoms with van der Waals surface area (Å²) in [7, 11) is 0. The maximum Gasteiger partial charge on any atom is 0.407 e. The standard InChI is InChI=1S/C31H32N2O6/c1-19(38-17-20-9-3-2-4-10-20)28(29(34)32-22-15-21(16-22)30(35)36)33-31(37)39-18-27-25-13-7-5-11-23(25)24-12-6-8-14-26(24)27/h2-14,19,21-22,27-28H,15-18H2,1H3,(H,32,34)(H,33,37)(H,35,36). The number of benzene rings is 3. The van der Waals surface area contributed by atoms with E-state index in [9.17, 15) is 14.4 Å². The topological polar surface area (TPSA) is 114 Å². The van der Waals surface area contributed by atoms with E-state index in [1.807, 2.05) is 66.7 Å². The summed E-state index contributed by atoms with van der Waals surface area (Å²) in [5, 5.41) is 14.7. The molecule has 3 N–H and O–H groups in total. The molecule has 2 unspecified atom stereocenters. The highest BCUT2D eigenvalue weighted by molar-refractivity contribution is 5.87. The van der Waals surface area contributed by atoms with Crippen molar-refractivity contribution in [3.05, 3.63) is 95.6 Å². The minimum Gasteiger partial charge on any atom is -0.481 e. The van der Waals surface area contributed by atoms with Gasteiger partial charge < -0.3 is 25.2 Å². The van der Waals surface area contributed by atoms with Crippen molar-refractivity contribution < 1.29 is 29.0 Å². The van der Waals surface area contributed by atoms with Crippen molar-refractivity contribution in [1.29, 1.82) is 0 Å². The highest BCUT2D eigenvalue weighted by Gasteiger charge is 2.38. The second-order valence-electron chi connectivity index (χ2n) is 10.2. The summed E-state index contributed by atoms with van der Waals surface area (Å²) < 4.78 is 11.6. The Morgan fingerprint density at radius 3 is 2.10 bits per heavy atom. The lowest BCUT2D eigenvalue weighted by Gasteiger charge is -2.34. The van der Waals surface area contributed by atoms with Gasteiger partial charge in [0.25, 0.3) is 0 Å². The zero-order valence-electron chi connectivity index (χ0n) is 21.7. The van der Waals surface area contributed by atoms with E-state index in [1.54, 1.807) is 6.92 Å². The van der Waals surface area contributed by atoms with Crippen LogP contribution < -0.4 is 10.6 Å². The first-order valence-electron chi connectivity index (χ1n) is 13.2. The number of carboxylic acid groups (broad SMARTS) is 1. The first-order chi connectivity index (χ1) is 18.9. The highest BCUT2D eigenvalue weighted by atomic mass is 16.5. The van der Waals surface area contributed by atoms with Crippen molar-refractivity contribution in [3.8, 4) is 11.1 Å². The molecule has 0 spiro atoms. The Morgan fingerprint density at radius 2 is 1.49 bits per heavy atom. The normalized spacial score (nSPS) is 19.1. The number of aliphatic carboxylic acids is 1. The van der Waals surface area contributed by atoms with Gasteiger partial charge >= 0.3 is 12.1 Å². The lowest BCUT2D eigenvalue weighted by molar-refractivity contribution is -0.146. The number of hydrogen-bond acceptors (Lipinski definition) is 5. The first-order valence-corrected chi connectivity index (χ1v) is 13.2. The third kappa shape index (κ3) is 5.96. The lowest BCUT2D eigenvalue weighted by atomic mass is 9.80. The summed E-state index contributed by atoms with van der Waals surface area (Å²) in [6, 6.07) is 24.4. The van der Waals surface area contributed by atoms with Crippen LogP contribution >= 0.6 is 0 Å². The van der Waals surface area contributed by atoms with Crippen LogP contribution in [0.3, 0.4) is 0 Å². The summed E-state index contributed by atoms with van der Waals surface area (Å²) in [5.74, 6) is -1.87. The molecule has 0 saturated heterocycles. The first kappa shape index (κ1) is 26.4. The minimum atomic E-state index is -1.02. The zero-order valence-corrected chi connectivity index (χ0v) is 21.7. The molecule has 202 valence electrons. The van der Waals surface area contributed by atoms with Gasteiger partial charge in [-0.3, -0.25) is 9.59 Å². The molecule has 1 fully saturated rings. The van der Waals surface area contributed by atoms with E-state index >= 15 is 0 Å². The summed E-state index contributed by atoms with van der Waals surface area (Å²) in [6.07, 6.45) is -0.666. The molecule has 0 radical (unpaired) electrons. The van der Waals surface area contributed by atoms with Gasteiger partial charge in [0.1, 0.15) is 12.6 Å². The maximum absolute atomic E-state index is 13.2. The fourth-order valence-corrected chi connectivity index (χ4v) is 5.29. The van der Waals surface area contributed by atoms with Crippen LogP contribution in [0.5, 0.6) is 0 Å². The highest BCUT2D eigenvalue weighted by Crippen LogP contribution is 2.44. The number of hydrogen-bond donors (Lipinski definition) is 3. The smallest absolute Gasteiger partial charge is 0.407 e. The van der Waals surface area contributed by atoms with Crippen molar-refractivity contribution in [2.45, 2.75) is 50.5 Å². The second kappa shape index (κ2) is 11.7. The number of ether oxygens (including phenoxy) is 2. The summed E-state index contributed by atoms with van der Waals surface area (Å²) >= 11 is 0. The molecule has 0 aromatic heterocycles. The van der Waals surface area contributed by atoms with E-state index in [1.165, 1.54) is 0 Å². The van der Waals surface area contributed by atoms with Crippen molar-refractivity contribution in [2.24, 2.45) is 5.92 Å². The molecule has 0 heterocycles. The van der Waals surface area contributed by atoms with Crippen molar-refractivity contribution in [1.82, 2.24) is 10.6 Å². The monoisotopic (exact) mass is 528 g/mol. The fourth-order valence-electron chi connectivity index (χ4n) is 5.29. The van der Waals surface area contributed by atoms with Crippen molar-refractivity contribution >= 4 is 18.0 Å². The van der Waals surface area contributed by atoms with Crippen LogP contribution in [-0.2, 0) is 25.7 Å². The molecule has 2 aliphatic rings. The zero-order chi connectivity index (χ0) is 27.4. The molecule has 3 aromatic carbocycles. The van der Waals surface area contributed by atoms with Crippen LogP contribution in [0.2, 0.25) is 0 Å². The molecule has 39 heavy (non-hydrogen) atoms. The number of rotatable bonds is 10. The van der Waals surface area contributed by atoms with Crippen LogP contribution in [0.15, 0.2) is 78.9 Å². The van der Waals surface area contributed by atoms with E-state index in [0.29, 0.717) is 12.8 Å². The van der Waals surface area contributed by atoms with E-state index in [4.69, 9.17) is 14.6 Å². The van der Waals surface area contributed by atoms with E-state index in [2.05, 4.69) is 22.8 Å². The van der Waals surface area contributed by atoms with Gasteiger partial charge in [-0.15, -0.1) is 0 Å². The molecule has 2 atom stereocenters. The average molecular weight is 529 g/mol. The van der Waals surface area contributed by atoms with Gasteiger partial charge in [0.15, 0.2) is 0 Å². The van der Waals surface area contributed by atoms with E-state index in [0.717, 1.165) is 27.8 Å². The van der Waals surface area contributed by atoms with Gasteiger partial charge in [-0.1, -0.05) is 78.9 Å². The SMILES string of the molecule is CC(OCc1ccccc1)C(NC(=O)OCC1c2ccccc2-c2ccccc21)C(=O)NC1CC(C(=O)O)C1. The van der Waals surface area contributed by atoms with E-state index in [-0.39, 0.29) is 25.2 Å². The Kier molecular flexibility index (Phi) is 7.93. The van der Waals surface area contributed by atoms with Gasteiger partial charge in [-0.25, -0.2) is 4.79 Å². The number of nitrogens with one attached hydrogen (secondary N) is 2. The third-order valence-electron chi connectivity index (χ3n) is 7.56. The number of carboxylic acids is 1. The van der Waals surface area contributed by atoms with Crippen molar-refractivity contribution in [3.63, 3.8) is 0 Å².